The van der Waals surface area contributed by atoms with E-state index in [-0.39, 0.29) is 0 Å². The molecular weight excluding hydrogens is 228 g/mol. The van der Waals surface area contributed by atoms with E-state index in [9.17, 15) is 4.79 Å². The summed E-state index contributed by atoms with van der Waals surface area (Å²) in [5.74, 6) is 0.389. The van der Waals surface area contributed by atoms with Crippen molar-refractivity contribution in [1.82, 2.24) is 0 Å². The lowest BCUT2D eigenvalue weighted by Gasteiger charge is -2.12. The number of carboxylic acid groups (broad SMARTS) is 1. The molecule has 2 aromatic carbocycles. The van der Waals surface area contributed by atoms with Crippen LogP contribution in [0.2, 0.25) is 0 Å². The summed E-state index contributed by atoms with van der Waals surface area (Å²) in [6.07, 6.45) is -1.29. The van der Waals surface area contributed by atoms with Gasteiger partial charge in [-0.05, 0) is 42.2 Å². The summed E-state index contributed by atoms with van der Waals surface area (Å²) in [6, 6.07) is 13.6. The zero-order valence-corrected chi connectivity index (χ0v) is 10.3. The maximum atomic E-state index is 10.6. The highest BCUT2D eigenvalue weighted by atomic mass is 16.7. The second kappa shape index (κ2) is 4.92. The molecule has 0 radical (unpaired) electrons. The molecule has 3 nitrogen and oxygen atoms in total. The average Bonchev–Trinajstić information content (AvgIpc) is 2.36. The van der Waals surface area contributed by atoms with Crippen LogP contribution in [-0.2, 0) is 0 Å². The van der Waals surface area contributed by atoms with Crippen molar-refractivity contribution in [2.24, 2.45) is 0 Å². The molecule has 1 N–H and O–H groups in total. The Hall–Kier alpha value is -2.29. The van der Waals surface area contributed by atoms with Gasteiger partial charge in [0.2, 0.25) is 0 Å². The van der Waals surface area contributed by atoms with Crippen LogP contribution in [0.15, 0.2) is 42.5 Å². The minimum Gasteiger partial charge on any atom is -0.449 e. The first-order valence-corrected chi connectivity index (χ1v) is 5.66. The molecule has 0 amide bonds. The Morgan fingerprint density at radius 3 is 2.28 bits per heavy atom. The molecule has 0 saturated carbocycles. The highest BCUT2D eigenvalue weighted by Gasteiger charge is 2.10. The lowest BCUT2D eigenvalue weighted by atomic mass is 9.96. The predicted octanol–water partition coefficient (Wildman–Crippen LogP) is 4.03. The molecule has 0 atom stereocenters. The summed E-state index contributed by atoms with van der Waals surface area (Å²) in [6.45, 7) is 3.83. The molecule has 0 aliphatic carbocycles. The van der Waals surface area contributed by atoms with E-state index in [0.717, 1.165) is 22.3 Å². The van der Waals surface area contributed by atoms with Crippen molar-refractivity contribution >= 4 is 6.16 Å². The molecule has 0 aromatic heterocycles. The van der Waals surface area contributed by atoms with Crippen LogP contribution in [0, 0.1) is 13.8 Å². The van der Waals surface area contributed by atoms with E-state index >= 15 is 0 Å². The topological polar surface area (TPSA) is 46.5 Å². The highest BCUT2D eigenvalue weighted by Crippen LogP contribution is 2.30. The Labute approximate surface area is 106 Å². The average molecular weight is 242 g/mol. The Morgan fingerprint density at radius 2 is 1.67 bits per heavy atom. The van der Waals surface area contributed by atoms with E-state index < -0.39 is 6.16 Å². The molecule has 0 bridgehead atoms. The van der Waals surface area contributed by atoms with Gasteiger partial charge in [-0.3, -0.25) is 0 Å². The normalized spacial score (nSPS) is 10.1. The zero-order chi connectivity index (χ0) is 13.1. The number of hydrogen-bond donors (Lipinski definition) is 1. The monoisotopic (exact) mass is 242 g/mol. The van der Waals surface area contributed by atoms with Crippen LogP contribution in [0.3, 0.4) is 0 Å². The molecule has 18 heavy (non-hydrogen) atoms. The molecule has 0 aliphatic rings. The number of ether oxygens (including phenoxy) is 1. The van der Waals surface area contributed by atoms with Crippen molar-refractivity contribution in [2.75, 3.05) is 0 Å². The second-order valence-corrected chi connectivity index (χ2v) is 4.10. The summed E-state index contributed by atoms with van der Waals surface area (Å²) in [7, 11) is 0. The summed E-state index contributed by atoms with van der Waals surface area (Å²) in [5, 5.41) is 8.65. The molecule has 0 aliphatic heterocycles. The molecule has 3 heteroatoms. The third-order valence-electron chi connectivity index (χ3n) is 3.02. The number of hydrogen-bond acceptors (Lipinski definition) is 2. The first-order chi connectivity index (χ1) is 8.59. The molecule has 2 aromatic rings. The van der Waals surface area contributed by atoms with Gasteiger partial charge in [-0.15, -0.1) is 0 Å². The summed E-state index contributed by atoms with van der Waals surface area (Å²) >= 11 is 0. The van der Waals surface area contributed by atoms with Crippen molar-refractivity contribution in [2.45, 2.75) is 13.8 Å². The van der Waals surface area contributed by atoms with Gasteiger partial charge in [0, 0.05) is 0 Å². The van der Waals surface area contributed by atoms with Crippen LogP contribution in [0.4, 0.5) is 4.79 Å². The quantitative estimate of drug-likeness (QED) is 0.639. The lowest BCUT2D eigenvalue weighted by molar-refractivity contribution is 0.144. The van der Waals surface area contributed by atoms with Crippen LogP contribution >= 0.6 is 0 Å². The van der Waals surface area contributed by atoms with Gasteiger partial charge in [-0.25, -0.2) is 4.79 Å². The molecule has 0 heterocycles. The van der Waals surface area contributed by atoms with Crippen molar-refractivity contribution in [1.29, 1.82) is 0 Å². The number of benzene rings is 2. The van der Waals surface area contributed by atoms with Gasteiger partial charge in [0.25, 0.3) is 0 Å². The predicted molar refractivity (Wildman–Crippen MR) is 70.0 cm³/mol. The Morgan fingerprint density at radius 1 is 1.00 bits per heavy atom. The fourth-order valence-corrected chi connectivity index (χ4v) is 1.93. The Bertz CT molecular complexity index is 574. The fraction of sp³-hybridized carbons (Fsp3) is 0.133. The van der Waals surface area contributed by atoms with Gasteiger partial charge in [-0.1, -0.05) is 36.4 Å². The maximum Gasteiger partial charge on any atom is 0.511 e. The van der Waals surface area contributed by atoms with Crippen LogP contribution in [0.25, 0.3) is 11.1 Å². The van der Waals surface area contributed by atoms with Gasteiger partial charge in [0.1, 0.15) is 5.75 Å². The second-order valence-electron chi connectivity index (χ2n) is 4.10. The SMILES string of the molecule is Cc1c(OC(=O)O)ccc(-c2ccccc2)c1C. The van der Waals surface area contributed by atoms with Crippen molar-refractivity contribution in [3.8, 4) is 16.9 Å². The third kappa shape index (κ3) is 2.35. The minimum atomic E-state index is -1.29. The first-order valence-electron chi connectivity index (χ1n) is 5.66. The van der Waals surface area contributed by atoms with Gasteiger partial charge in [-0.2, -0.15) is 0 Å². The number of carbonyl (C=O) groups is 1. The molecule has 92 valence electrons. The molecule has 0 spiro atoms. The van der Waals surface area contributed by atoms with Crippen LogP contribution in [0.1, 0.15) is 11.1 Å². The van der Waals surface area contributed by atoms with E-state index in [2.05, 4.69) is 0 Å². The minimum absolute atomic E-state index is 0.389. The first kappa shape index (κ1) is 12.2. The molecule has 0 unspecified atom stereocenters. The smallest absolute Gasteiger partial charge is 0.449 e. The number of rotatable bonds is 2. The van der Waals surface area contributed by atoms with Gasteiger partial charge < -0.3 is 9.84 Å². The van der Waals surface area contributed by atoms with E-state index in [4.69, 9.17) is 9.84 Å². The zero-order valence-electron chi connectivity index (χ0n) is 10.3. The molecule has 0 saturated heterocycles. The van der Waals surface area contributed by atoms with E-state index in [1.165, 1.54) is 0 Å². The van der Waals surface area contributed by atoms with E-state index in [1.54, 1.807) is 6.07 Å². The van der Waals surface area contributed by atoms with Crippen molar-refractivity contribution in [3.05, 3.63) is 53.6 Å². The Kier molecular flexibility index (Phi) is 3.33. The maximum absolute atomic E-state index is 10.6. The van der Waals surface area contributed by atoms with Gasteiger partial charge in [0.15, 0.2) is 0 Å². The molecule has 2 rings (SSSR count). The summed E-state index contributed by atoms with van der Waals surface area (Å²) in [5.41, 5.74) is 4.07. The van der Waals surface area contributed by atoms with Gasteiger partial charge in [0.05, 0.1) is 0 Å². The van der Waals surface area contributed by atoms with Crippen molar-refractivity contribution < 1.29 is 14.6 Å². The third-order valence-corrected chi connectivity index (χ3v) is 3.02. The largest absolute Gasteiger partial charge is 0.511 e. The Balaban J connectivity index is 2.47. The van der Waals surface area contributed by atoms with E-state index in [0.29, 0.717) is 5.75 Å². The summed E-state index contributed by atoms with van der Waals surface area (Å²) < 4.78 is 4.73. The van der Waals surface area contributed by atoms with E-state index in [1.807, 2.05) is 50.2 Å². The van der Waals surface area contributed by atoms with Crippen molar-refractivity contribution in [3.63, 3.8) is 0 Å². The van der Waals surface area contributed by atoms with Gasteiger partial charge >= 0.3 is 6.16 Å². The molecular formula is C15H14O3. The summed E-state index contributed by atoms with van der Waals surface area (Å²) in [4.78, 5) is 10.6. The fourth-order valence-electron chi connectivity index (χ4n) is 1.93. The lowest BCUT2D eigenvalue weighted by Crippen LogP contribution is -2.05. The van der Waals surface area contributed by atoms with Crippen LogP contribution < -0.4 is 4.74 Å². The highest BCUT2D eigenvalue weighted by molar-refractivity contribution is 5.71. The molecule has 0 fully saturated rings. The van der Waals surface area contributed by atoms with Crippen LogP contribution in [-0.4, -0.2) is 11.3 Å². The van der Waals surface area contributed by atoms with Crippen LogP contribution in [0.5, 0.6) is 5.75 Å². The standard InChI is InChI=1S/C15H14O3/c1-10-11(2)14(18-15(16)17)9-8-13(10)12-6-4-3-5-7-12/h3-9H,1-2H3,(H,16,17).